The number of benzene rings is 1. The van der Waals surface area contributed by atoms with Crippen molar-refractivity contribution in [2.24, 2.45) is 5.73 Å². The Hall–Kier alpha value is -1.08. The van der Waals surface area contributed by atoms with E-state index in [1.54, 1.807) is 0 Å². The Labute approximate surface area is 118 Å². The van der Waals surface area contributed by atoms with Gasteiger partial charge >= 0.3 is 0 Å². The first-order chi connectivity index (χ1) is 8.72. The summed E-state index contributed by atoms with van der Waals surface area (Å²) in [5, 5.41) is 0.208. The van der Waals surface area contributed by atoms with Crippen molar-refractivity contribution in [2.45, 2.75) is 44.9 Å². The Kier molecular flexibility index (Phi) is 5.36. The number of rotatable bonds is 3. The van der Waals surface area contributed by atoms with Crippen LogP contribution < -0.4 is 5.73 Å². The fraction of sp³-hybridized carbons (Fsp3) is 0.500. The van der Waals surface area contributed by atoms with Crippen molar-refractivity contribution < 1.29 is 4.43 Å². The van der Waals surface area contributed by atoms with E-state index in [4.69, 9.17) is 10.2 Å². The average Bonchev–Trinajstić information content (AvgIpc) is 2.34. The third-order valence-corrected chi connectivity index (χ3v) is 8.11. The van der Waals surface area contributed by atoms with Crippen LogP contribution in [0.4, 0.5) is 0 Å². The average molecular weight is 275 g/mol. The molecule has 0 saturated carbocycles. The van der Waals surface area contributed by atoms with Gasteiger partial charge < -0.3 is 10.2 Å². The molecule has 0 bridgehead atoms. The Balaban J connectivity index is 2.54. The SMILES string of the molecule is CC(C)(C)[Si](C)(C)OC[C@@H](N)C#Cc1ccccc1. The summed E-state index contributed by atoms with van der Waals surface area (Å²) >= 11 is 0. The van der Waals surface area contributed by atoms with Gasteiger partial charge in [-0.25, -0.2) is 0 Å². The van der Waals surface area contributed by atoms with E-state index in [9.17, 15) is 0 Å². The highest BCUT2D eigenvalue weighted by Crippen LogP contribution is 2.36. The number of hydrogen-bond acceptors (Lipinski definition) is 2. The van der Waals surface area contributed by atoms with Crippen molar-refractivity contribution in [2.75, 3.05) is 6.61 Å². The van der Waals surface area contributed by atoms with Crippen molar-refractivity contribution in [3.05, 3.63) is 35.9 Å². The predicted molar refractivity (Wildman–Crippen MR) is 84.4 cm³/mol. The second kappa shape index (κ2) is 6.38. The van der Waals surface area contributed by atoms with Crippen molar-refractivity contribution in [3.8, 4) is 11.8 Å². The van der Waals surface area contributed by atoms with Crippen LogP contribution in [0.2, 0.25) is 18.1 Å². The molecule has 1 atom stereocenters. The number of hydrogen-bond donors (Lipinski definition) is 1. The van der Waals surface area contributed by atoms with Gasteiger partial charge in [-0.1, -0.05) is 50.8 Å². The molecule has 104 valence electrons. The molecule has 0 saturated heterocycles. The third-order valence-electron chi connectivity index (χ3n) is 3.61. The topological polar surface area (TPSA) is 35.2 Å². The summed E-state index contributed by atoms with van der Waals surface area (Å²) in [6.45, 7) is 11.6. The lowest BCUT2D eigenvalue weighted by Crippen LogP contribution is -2.43. The molecule has 0 amide bonds. The summed E-state index contributed by atoms with van der Waals surface area (Å²) in [7, 11) is -1.72. The van der Waals surface area contributed by atoms with E-state index < -0.39 is 8.32 Å². The summed E-state index contributed by atoms with van der Waals surface area (Å²) in [5.74, 6) is 6.13. The minimum Gasteiger partial charge on any atom is -0.414 e. The monoisotopic (exact) mass is 275 g/mol. The minimum atomic E-state index is -1.72. The van der Waals surface area contributed by atoms with Crippen LogP contribution in [0.3, 0.4) is 0 Å². The highest BCUT2D eigenvalue weighted by atomic mass is 28.4. The fourth-order valence-electron chi connectivity index (χ4n) is 1.25. The predicted octanol–water partition coefficient (Wildman–Crippen LogP) is 3.39. The van der Waals surface area contributed by atoms with Gasteiger partial charge in [0.25, 0.3) is 0 Å². The molecule has 0 spiro atoms. The van der Waals surface area contributed by atoms with E-state index in [1.807, 2.05) is 30.3 Å². The minimum absolute atomic E-state index is 0.208. The molecule has 0 radical (unpaired) electrons. The maximum absolute atomic E-state index is 6.06. The molecule has 3 heteroatoms. The van der Waals surface area contributed by atoms with Gasteiger partial charge in [-0.2, -0.15) is 0 Å². The highest BCUT2D eigenvalue weighted by molar-refractivity contribution is 6.74. The van der Waals surface area contributed by atoms with Gasteiger partial charge in [-0.05, 0) is 30.3 Å². The largest absolute Gasteiger partial charge is 0.414 e. The van der Waals surface area contributed by atoms with Crippen LogP contribution >= 0.6 is 0 Å². The van der Waals surface area contributed by atoms with E-state index in [0.29, 0.717) is 6.61 Å². The van der Waals surface area contributed by atoms with Crippen molar-refractivity contribution >= 4 is 8.32 Å². The van der Waals surface area contributed by atoms with Crippen LogP contribution in [0, 0.1) is 11.8 Å². The standard InChI is InChI=1S/C16H25NOSi/c1-16(2,3)19(4,5)18-13-15(17)12-11-14-9-7-6-8-10-14/h6-10,15H,13,17H2,1-5H3/t15-/m0/s1. The molecule has 2 nitrogen and oxygen atoms in total. The van der Waals surface area contributed by atoms with E-state index in [-0.39, 0.29) is 11.1 Å². The summed E-state index contributed by atoms with van der Waals surface area (Å²) in [5.41, 5.74) is 6.99. The van der Waals surface area contributed by atoms with Crippen LogP contribution in [0.5, 0.6) is 0 Å². The van der Waals surface area contributed by atoms with Gasteiger partial charge in [0.15, 0.2) is 8.32 Å². The van der Waals surface area contributed by atoms with E-state index in [1.165, 1.54) is 0 Å². The molecule has 0 aliphatic carbocycles. The first kappa shape index (κ1) is 16.0. The summed E-state index contributed by atoms with van der Waals surface area (Å²) in [6.07, 6.45) is 0. The van der Waals surface area contributed by atoms with Gasteiger partial charge in [0.2, 0.25) is 0 Å². The first-order valence-corrected chi connectivity index (χ1v) is 9.59. The van der Waals surface area contributed by atoms with Crippen LogP contribution in [0.25, 0.3) is 0 Å². The second-order valence-electron chi connectivity index (χ2n) is 6.31. The van der Waals surface area contributed by atoms with Crippen LogP contribution in [-0.4, -0.2) is 21.0 Å². The lowest BCUT2D eigenvalue weighted by molar-refractivity contribution is 0.281. The maximum Gasteiger partial charge on any atom is 0.192 e. The Morgan fingerprint density at radius 2 is 1.79 bits per heavy atom. The molecule has 2 N–H and O–H groups in total. The smallest absolute Gasteiger partial charge is 0.192 e. The lowest BCUT2D eigenvalue weighted by Gasteiger charge is -2.36. The second-order valence-corrected chi connectivity index (χ2v) is 11.1. The van der Waals surface area contributed by atoms with Gasteiger partial charge in [0, 0.05) is 5.56 Å². The molecular weight excluding hydrogens is 250 g/mol. The molecule has 0 aliphatic rings. The van der Waals surface area contributed by atoms with Gasteiger partial charge in [0.05, 0.1) is 12.6 Å². The summed E-state index contributed by atoms with van der Waals surface area (Å²) in [4.78, 5) is 0. The van der Waals surface area contributed by atoms with Gasteiger partial charge in [-0.3, -0.25) is 0 Å². The molecule has 1 rings (SSSR count). The van der Waals surface area contributed by atoms with Gasteiger partial charge in [-0.15, -0.1) is 0 Å². The first-order valence-electron chi connectivity index (χ1n) is 6.68. The van der Waals surface area contributed by atoms with E-state index in [2.05, 4.69) is 45.7 Å². The lowest BCUT2D eigenvalue weighted by atomic mass is 10.2. The molecule has 0 aliphatic heterocycles. The maximum atomic E-state index is 6.06. The highest BCUT2D eigenvalue weighted by Gasteiger charge is 2.37. The van der Waals surface area contributed by atoms with E-state index >= 15 is 0 Å². The number of nitrogens with two attached hydrogens (primary N) is 1. The third kappa shape index (κ3) is 5.20. The van der Waals surface area contributed by atoms with Crippen LogP contribution in [0.15, 0.2) is 30.3 Å². The molecule has 1 aromatic rings. The van der Waals surface area contributed by atoms with Crippen LogP contribution in [0.1, 0.15) is 26.3 Å². The zero-order chi connectivity index (χ0) is 14.5. The molecule has 0 aromatic heterocycles. The van der Waals surface area contributed by atoms with E-state index in [0.717, 1.165) is 5.56 Å². The molecule has 0 fully saturated rings. The Morgan fingerprint density at radius 1 is 1.21 bits per heavy atom. The Bertz CT molecular complexity index is 451. The molecule has 0 unspecified atom stereocenters. The zero-order valence-corrected chi connectivity index (χ0v) is 13.7. The molecule has 0 heterocycles. The van der Waals surface area contributed by atoms with Crippen molar-refractivity contribution in [1.82, 2.24) is 0 Å². The molecule has 19 heavy (non-hydrogen) atoms. The quantitative estimate of drug-likeness (QED) is 0.678. The van der Waals surface area contributed by atoms with Crippen LogP contribution in [-0.2, 0) is 4.43 Å². The molecule has 1 aromatic carbocycles. The Morgan fingerprint density at radius 3 is 2.32 bits per heavy atom. The molecular formula is C16H25NOSi. The summed E-state index contributed by atoms with van der Waals surface area (Å²) < 4.78 is 6.06. The fourth-order valence-corrected chi connectivity index (χ4v) is 2.28. The zero-order valence-electron chi connectivity index (χ0n) is 12.7. The van der Waals surface area contributed by atoms with Crippen molar-refractivity contribution in [1.29, 1.82) is 0 Å². The van der Waals surface area contributed by atoms with Gasteiger partial charge in [0.1, 0.15) is 0 Å². The normalized spacial score (nSPS) is 13.6. The van der Waals surface area contributed by atoms with Crippen molar-refractivity contribution in [3.63, 3.8) is 0 Å². The summed E-state index contributed by atoms with van der Waals surface area (Å²) in [6, 6.07) is 9.66.